The number of pyridine rings is 1. The van der Waals surface area contributed by atoms with Gasteiger partial charge in [0, 0.05) is 10.9 Å². The molecule has 4 fully saturated rings. The quantitative estimate of drug-likeness (QED) is 0.616. The average molecular weight is 410 g/mol. The van der Waals surface area contributed by atoms with Crippen LogP contribution in [0.3, 0.4) is 0 Å². The summed E-state index contributed by atoms with van der Waals surface area (Å²) in [7, 11) is 0. The highest BCUT2D eigenvalue weighted by atomic mass is 32.1. The number of rotatable bonds is 3. The average Bonchev–Trinajstić information content (AvgIpc) is 3.28. The molecule has 3 aromatic rings. The van der Waals surface area contributed by atoms with Gasteiger partial charge in [0.15, 0.2) is 0 Å². The van der Waals surface area contributed by atoms with Crippen molar-refractivity contribution in [3.8, 4) is 10.6 Å². The number of nitrogens with one attached hydrogen (secondary N) is 1. The van der Waals surface area contributed by atoms with E-state index in [1.807, 2.05) is 23.6 Å². The molecule has 4 saturated carbocycles. The summed E-state index contributed by atoms with van der Waals surface area (Å²) in [5, 5.41) is 6.39. The minimum absolute atomic E-state index is 0.000114. The van der Waals surface area contributed by atoms with Crippen LogP contribution in [0.2, 0.25) is 0 Å². The van der Waals surface area contributed by atoms with Crippen LogP contribution in [0.4, 0.5) is 5.69 Å². The van der Waals surface area contributed by atoms with Crippen molar-refractivity contribution in [2.75, 3.05) is 5.73 Å². The third-order valence-corrected chi connectivity index (χ3v) is 9.00. The number of nitrogens with two attached hydrogens (primary N) is 1. The zero-order chi connectivity index (χ0) is 18.9. The maximum Gasteiger partial charge on any atom is 0.264 e. The van der Waals surface area contributed by atoms with Crippen LogP contribution < -0.4 is 11.1 Å². The first-order chi connectivity index (χ1) is 13.6. The molecule has 0 atom stereocenters. The topological polar surface area (TPSA) is 68.0 Å². The van der Waals surface area contributed by atoms with E-state index in [0.29, 0.717) is 10.6 Å². The predicted molar refractivity (Wildman–Crippen MR) is 116 cm³/mol. The SMILES string of the molecule is Nc1c(C(=O)NC23CC4CC(CC(C4)C2)C3)sc2nc(-c3cccs3)ccc12. The molecule has 28 heavy (non-hydrogen) atoms. The molecule has 1 amide bonds. The Morgan fingerprint density at radius 3 is 2.46 bits per heavy atom. The van der Waals surface area contributed by atoms with E-state index >= 15 is 0 Å². The van der Waals surface area contributed by atoms with E-state index in [4.69, 9.17) is 10.7 Å². The lowest BCUT2D eigenvalue weighted by molar-refractivity contribution is -0.0166. The van der Waals surface area contributed by atoms with Gasteiger partial charge in [0.1, 0.15) is 9.71 Å². The Hall–Kier alpha value is -1.92. The molecule has 0 saturated heterocycles. The lowest BCUT2D eigenvalue weighted by atomic mass is 9.53. The summed E-state index contributed by atoms with van der Waals surface area (Å²) in [6.07, 6.45) is 7.56. The van der Waals surface area contributed by atoms with E-state index in [2.05, 4.69) is 11.4 Å². The number of amides is 1. The smallest absolute Gasteiger partial charge is 0.264 e. The molecule has 144 valence electrons. The third kappa shape index (κ3) is 2.61. The van der Waals surface area contributed by atoms with Gasteiger partial charge in [-0.05, 0) is 79.9 Å². The normalized spacial score (nSPS) is 30.8. The van der Waals surface area contributed by atoms with Crippen molar-refractivity contribution >= 4 is 44.5 Å². The Bertz CT molecular complexity index is 1030. The molecule has 0 aromatic carbocycles. The summed E-state index contributed by atoms with van der Waals surface area (Å²) in [6.45, 7) is 0. The van der Waals surface area contributed by atoms with Crippen LogP contribution in [-0.2, 0) is 0 Å². The van der Waals surface area contributed by atoms with Gasteiger partial charge in [-0.1, -0.05) is 6.07 Å². The molecule has 0 radical (unpaired) electrons. The molecular formula is C22H23N3OS2. The van der Waals surface area contributed by atoms with Gasteiger partial charge in [-0.3, -0.25) is 4.79 Å². The van der Waals surface area contributed by atoms with E-state index in [1.54, 1.807) is 11.3 Å². The van der Waals surface area contributed by atoms with Gasteiger partial charge in [0.25, 0.3) is 5.91 Å². The van der Waals surface area contributed by atoms with Crippen LogP contribution in [-0.4, -0.2) is 16.4 Å². The number of carbonyl (C=O) groups excluding carboxylic acids is 1. The largest absolute Gasteiger partial charge is 0.397 e. The number of aromatic nitrogens is 1. The van der Waals surface area contributed by atoms with Gasteiger partial charge in [0.05, 0.1) is 16.3 Å². The lowest BCUT2D eigenvalue weighted by Gasteiger charge is -2.56. The summed E-state index contributed by atoms with van der Waals surface area (Å²) in [4.78, 5) is 20.6. The summed E-state index contributed by atoms with van der Waals surface area (Å²) in [5.74, 6) is 2.42. The van der Waals surface area contributed by atoms with Crippen LogP contribution in [0.1, 0.15) is 48.2 Å². The fraction of sp³-hybridized carbons (Fsp3) is 0.455. The van der Waals surface area contributed by atoms with E-state index in [9.17, 15) is 4.79 Å². The Balaban J connectivity index is 1.32. The van der Waals surface area contributed by atoms with E-state index < -0.39 is 0 Å². The third-order valence-electron chi connectivity index (χ3n) is 6.99. The minimum atomic E-state index is 0.000114. The van der Waals surface area contributed by atoms with Crippen molar-refractivity contribution < 1.29 is 4.79 Å². The molecule has 4 nitrogen and oxygen atoms in total. The predicted octanol–water partition coefficient (Wildman–Crippen LogP) is 5.31. The second-order valence-corrected chi connectivity index (χ2v) is 11.0. The zero-order valence-electron chi connectivity index (χ0n) is 15.6. The van der Waals surface area contributed by atoms with Crippen LogP contribution in [0.5, 0.6) is 0 Å². The van der Waals surface area contributed by atoms with Crippen LogP contribution in [0.15, 0.2) is 29.6 Å². The molecule has 4 bridgehead atoms. The van der Waals surface area contributed by atoms with Gasteiger partial charge >= 0.3 is 0 Å². The molecule has 3 heterocycles. The molecule has 0 aliphatic heterocycles. The summed E-state index contributed by atoms with van der Waals surface area (Å²) < 4.78 is 0. The number of anilines is 1. The number of hydrogen-bond donors (Lipinski definition) is 2. The zero-order valence-corrected chi connectivity index (χ0v) is 17.2. The fourth-order valence-corrected chi connectivity index (χ4v) is 7.97. The molecule has 0 unspecified atom stereocenters. The first-order valence-corrected chi connectivity index (χ1v) is 11.8. The Morgan fingerprint density at radius 1 is 1.11 bits per heavy atom. The number of carbonyl (C=O) groups is 1. The number of hydrogen-bond acceptors (Lipinski definition) is 5. The molecule has 7 rings (SSSR count). The van der Waals surface area contributed by atoms with Gasteiger partial charge in [-0.25, -0.2) is 4.98 Å². The van der Waals surface area contributed by atoms with E-state index in [0.717, 1.165) is 57.8 Å². The van der Waals surface area contributed by atoms with Gasteiger partial charge in [-0.15, -0.1) is 22.7 Å². The van der Waals surface area contributed by atoms with Gasteiger partial charge < -0.3 is 11.1 Å². The molecule has 4 aliphatic carbocycles. The summed E-state index contributed by atoms with van der Waals surface area (Å²) in [5.41, 5.74) is 7.91. The highest BCUT2D eigenvalue weighted by molar-refractivity contribution is 7.21. The standard InChI is InChI=1S/C22H23N3OS2/c23-18-15-3-4-16(17-2-1-5-27-17)24-21(15)28-19(18)20(26)25-22-9-12-6-13(10-22)8-14(7-12)11-22/h1-5,12-14H,6-11,23H2,(H,25,26). The Kier molecular flexibility index (Phi) is 3.66. The van der Waals surface area contributed by atoms with Crippen LogP contribution >= 0.6 is 22.7 Å². The number of thiophene rings is 2. The second-order valence-electron chi connectivity index (χ2n) is 9.02. The van der Waals surface area contributed by atoms with Crippen molar-refractivity contribution in [1.82, 2.24) is 10.3 Å². The summed E-state index contributed by atoms with van der Waals surface area (Å²) >= 11 is 3.10. The Labute approximate surface area is 172 Å². The second kappa shape index (κ2) is 6.04. The lowest BCUT2D eigenvalue weighted by Crippen LogP contribution is -2.59. The minimum Gasteiger partial charge on any atom is -0.397 e. The molecule has 0 spiro atoms. The monoisotopic (exact) mass is 409 g/mol. The molecule has 6 heteroatoms. The highest BCUT2D eigenvalue weighted by Crippen LogP contribution is 2.55. The van der Waals surface area contributed by atoms with E-state index in [1.165, 1.54) is 30.6 Å². The molecular weight excluding hydrogens is 386 g/mol. The van der Waals surface area contributed by atoms with Crippen molar-refractivity contribution in [3.63, 3.8) is 0 Å². The molecule has 3 aromatic heterocycles. The van der Waals surface area contributed by atoms with Crippen LogP contribution in [0, 0.1) is 17.8 Å². The van der Waals surface area contributed by atoms with Crippen molar-refractivity contribution in [2.45, 2.75) is 44.1 Å². The first-order valence-electron chi connectivity index (χ1n) is 10.1. The van der Waals surface area contributed by atoms with E-state index in [-0.39, 0.29) is 11.4 Å². The molecule has 3 N–H and O–H groups in total. The maximum atomic E-state index is 13.2. The number of fused-ring (bicyclic) bond motifs is 1. The Morgan fingerprint density at radius 2 is 1.82 bits per heavy atom. The van der Waals surface area contributed by atoms with Crippen molar-refractivity contribution in [3.05, 3.63) is 34.5 Å². The first kappa shape index (κ1) is 17.0. The van der Waals surface area contributed by atoms with Crippen molar-refractivity contribution in [2.24, 2.45) is 17.8 Å². The number of nitrogen functional groups attached to an aromatic ring is 1. The van der Waals surface area contributed by atoms with Crippen LogP contribution in [0.25, 0.3) is 20.8 Å². The van der Waals surface area contributed by atoms with Gasteiger partial charge in [0.2, 0.25) is 0 Å². The maximum absolute atomic E-state index is 13.2. The highest BCUT2D eigenvalue weighted by Gasteiger charge is 2.51. The number of nitrogens with zero attached hydrogens (tertiary/aromatic N) is 1. The molecule has 4 aliphatic rings. The summed E-state index contributed by atoms with van der Waals surface area (Å²) in [6, 6.07) is 8.10. The van der Waals surface area contributed by atoms with Gasteiger partial charge in [-0.2, -0.15) is 0 Å². The fourth-order valence-electron chi connectivity index (χ4n) is 6.29. The van der Waals surface area contributed by atoms with Crippen molar-refractivity contribution in [1.29, 1.82) is 0 Å².